The van der Waals surface area contributed by atoms with Gasteiger partial charge < -0.3 is 4.74 Å². The summed E-state index contributed by atoms with van der Waals surface area (Å²) in [6.07, 6.45) is 11.5. The van der Waals surface area contributed by atoms with Crippen molar-refractivity contribution in [3.63, 3.8) is 0 Å². The first-order valence-corrected chi connectivity index (χ1v) is 8.64. The van der Waals surface area contributed by atoms with Crippen LogP contribution in [0.5, 0.6) is 0 Å². The number of ether oxygens (including phenoxy) is 1. The molecule has 0 saturated heterocycles. The summed E-state index contributed by atoms with van der Waals surface area (Å²) in [5.41, 5.74) is 3.14. The van der Waals surface area contributed by atoms with Gasteiger partial charge in [-0.05, 0) is 43.4 Å². The van der Waals surface area contributed by atoms with Crippen molar-refractivity contribution in [1.82, 2.24) is 5.43 Å². The zero-order valence-corrected chi connectivity index (χ0v) is 13.7. The van der Waals surface area contributed by atoms with E-state index >= 15 is 0 Å². The first-order chi connectivity index (χ1) is 9.63. The average molecular weight is 282 g/mol. The van der Waals surface area contributed by atoms with Gasteiger partial charge in [-0.2, -0.15) is 0 Å². The molecule has 4 unspecified atom stereocenters. The summed E-state index contributed by atoms with van der Waals surface area (Å²) in [6.45, 7) is 4.79. The Balaban J connectivity index is 2.12. The third kappa shape index (κ3) is 3.37. The molecule has 3 nitrogen and oxygen atoms in total. The maximum absolute atomic E-state index is 6.08. The lowest BCUT2D eigenvalue weighted by atomic mass is 9.68. The van der Waals surface area contributed by atoms with Gasteiger partial charge in [0.25, 0.3) is 0 Å². The first kappa shape index (κ1) is 16.3. The molecule has 4 atom stereocenters. The normalized spacial score (nSPS) is 36.3. The second kappa shape index (κ2) is 7.24. The van der Waals surface area contributed by atoms with Crippen LogP contribution in [0.4, 0.5) is 0 Å². The van der Waals surface area contributed by atoms with E-state index in [9.17, 15) is 0 Å². The van der Waals surface area contributed by atoms with E-state index in [2.05, 4.69) is 19.3 Å². The number of rotatable bonds is 4. The van der Waals surface area contributed by atoms with Crippen molar-refractivity contribution in [2.24, 2.45) is 23.6 Å². The number of hydrogen-bond acceptors (Lipinski definition) is 3. The molecule has 0 aromatic rings. The van der Waals surface area contributed by atoms with Gasteiger partial charge in [-0.15, -0.1) is 0 Å². The predicted octanol–water partition coefficient (Wildman–Crippen LogP) is 3.63. The molecule has 2 fully saturated rings. The van der Waals surface area contributed by atoms with E-state index in [1.54, 1.807) is 0 Å². The van der Waals surface area contributed by atoms with Crippen LogP contribution < -0.4 is 11.3 Å². The molecule has 118 valence electrons. The molecule has 0 aliphatic heterocycles. The van der Waals surface area contributed by atoms with Crippen LogP contribution in [0.2, 0.25) is 0 Å². The van der Waals surface area contributed by atoms with Crippen molar-refractivity contribution in [2.45, 2.75) is 83.3 Å². The number of nitrogens with two attached hydrogens (primary N) is 1. The Hall–Kier alpha value is -0.120. The molecule has 0 bridgehead atoms. The predicted molar refractivity (Wildman–Crippen MR) is 84.2 cm³/mol. The monoisotopic (exact) mass is 282 g/mol. The van der Waals surface area contributed by atoms with Crippen molar-refractivity contribution in [3.05, 3.63) is 0 Å². The van der Waals surface area contributed by atoms with E-state index in [1.807, 2.05) is 7.11 Å². The quantitative estimate of drug-likeness (QED) is 0.470. The molecule has 2 saturated carbocycles. The summed E-state index contributed by atoms with van der Waals surface area (Å²) in [6, 6.07) is 0.320. The van der Waals surface area contributed by atoms with Crippen LogP contribution in [0, 0.1) is 17.8 Å². The van der Waals surface area contributed by atoms with Crippen molar-refractivity contribution < 1.29 is 4.74 Å². The maximum atomic E-state index is 6.08. The zero-order valence-electron chi connectivity index (χ0n) is 13.7. The highest BCUT2D eigenvalue weighted by atomic mass is 16.5. The Bertz CT molecular complexity index is 287. The summed E-state index contributed by atoms with van der Waals surface area (Å²) in [5.74, 6) is 8.34. The minimum Gasteiger partial charge on any atom is -0.377 e. The minimum absolute atomic E-state index is 0.0315. The summed E-state index contributed by atoms with van der Waals surface area (Å²) >= 11 is 0. The van der Waals surface area contributed by atoms with E-state index in [-0.39, 0.29) is 5.60 Å². The van der Waals surface area contributed by atoms with Gasteiger partial charge in [0, 0.05) is 7.11 Å². The lowest BCUT2D eigenvalue weighted by Gasteiger charge is -2.46. The summed E-state index contributed by atoms with van der Waals surface area (Å²) in [5, 5.41) is 0. The lowest BCUT2D eigenvalue weighted by Crippen LogP contribution is -2.58. The van der Waals surface area contributed by atoms with Crippen molar-refractivity contribution in [1.29, 1.82) is 0 Å². The van der Waals surface area contributed by atoms with Crippen molar-refractivity contribution in [3.8, 4) is 0 Å². The smallest absolute Gasteiger partial charge is 0.0847 e. The fraction of sp³-hybridized carbons (Fsp3) is 1.00. The standard InChI is InChI=1S/C17H34N2O/c1-13-8-9-15(12-14(13)2)16(19-18)17(20-3)10-6-4-5-7-11-17/h13-16,19H,4-12,18H2,1-3H3. The summed E-state index contributed by atoms with van der Waals surface area (Å²) < 4.78 is 6.08. The average Bonchev–Trinajstić information content (AvgIpc) is 2.70. The van der Waals surface area contributed by atoms with E-state index in [1.165, 1.54) is 57.8 Å². The second-order valence-electron chi connectivity index (χ2n) is 7.36. The molecule has 3 heteroatoms. The Labute approximate surface area is 125 Å². The minimum atomic E-state index is -0.0315. The van der Waals surface area contributed by atoms with Gasteiger partial charge in [-0.1, -0.05) is 46.0 Å². The molecule has 0 aromatic heterocycles. The van der Waals surface area contributed by atoms with E-state index in [0.717, 1.165) is 11.8 Å². The van der Waals surface area contributed by atoms with Gasteiger partial charge in [0.1, 0.15) is 0 Å². The molecular weight excluding hydrogens is 248 g/mol. The number of hydrogen-bond donors (Lipinski definition) is 2. The molecule has 3 N–H and O–H groups in total. The molecule has 2 rings (SSSR count). The third-order valence-corrected chi connectivity index (χ3v) is 6.21. The van der Waals surface area contributed by atoms with Crippen LogP contribution in [0.1, 0.15) is 71.6 Å². The van der Waals surface area contributed by atoms with E-state index < -0.39 is 0 Å². The second-order valence-corrected chi connectivity index (χ2v) is 7.36. The van der Waals surface area contributed by atoms with Crippen molar-refractivity contribution >= 4 is 0 Å². The molecule has 2 aliphatic rings. The molecule has 0 heterocycles. The van der Waals surface area contributed by atoms with Gasteiger partial charge in [0.05, 0.1) is 11.6 Å². The van der Waals surface area contributed by atoms with Crippen LogP contribution in [-0.4, -0.2) is 18.8 Å². The number of hydrazine groups is 1. The Morgan fingerprint density at radius 3 is 2.20 bits per heavy atom. The third-order valence-electron chi connectivity index (χ3n) is 6.21. The first-order valence-electron chi connectivity index (χ1n) is 8.64. The fourth-order valence-corrected chi connectivity index (χ4v) is 4.58. The number of nitrogens with one attached hydrogen (secondary N) is 1. The lowest BCUT2D eigenvalue weighted by molar-refractivity contribution is -0.0761. The van der Waals surface area contributed by atoms with Crippen LogP contribution in [0.3, 0.4) is 0 Å². The van der Waals surface area contributed by atoms with Crippen LogP contribution in [-0.2, 0) is 4.74 Å². The maximum Gasteiger partial charge on any atom is 0.0847 e. The van der Waals surface area contributed by atoms with E-state index in [0.29, 0.717) is 12.0 Å². The SMILES string of the molecule is COC1(C(NN)C2CCC(C)C(C)C2)CCCCCC1. The highest BCUT2D eigenvalue weighted by Gasteiger charge is 2.44. The van der Waals surface area contributed by atoms with Gasteiger partial charge in [-0.25, -0.2) is 0 Å². The largest absolute Gasteiger partial charge is 0.377 e. The van der Waals surface area contributed by atoms with Crippen LogP contribution in [0.25, 0.3) is 0 Å². The molecule has 0 amide bonds. The summed E-state index contributed by atoms with van der Waals surface area (Å²) in [4.78, 5) is 0. The molecule has 0 spiro atoms. The molecule has 0 aromatic carbocycles. The highest BCUT2D eigenvalue weighted by molar-refractivity contribution is 4.98. The topological polar surface area (TPSA) is 47.3 Å². The zero-order chi connectivity index (χ0) is 14.6. The van der Waals surface area contributed by atoms with Gasteiger partial charge in [-0.3, -0.25) is 11.3 Å². The van der Waals surface area contributed by atoms with Crippen LogP contribution in [0.15, 0.2) is 0 Å². The Morgan fingerprint density at radius 1 is 1.05 bits per heavy atom. The van der Waals surface area contributed by atoms with Gasteiger partial charge in [0.2, 0.25) is 0 Å². The molecule has 2 aliphatic carbocycles. The van der Waals surface area contributed by atoms with Gasteiger partial charge in [0.15, 0.2) is 0 Å². The summed E-state index contributed by atoms with van der Waals surface area (Å²) in [7, 11) is 1.89. The van der Waals surface area contributed by atoms with Crippen molar-refractivity contribution in [2.75, 3.05) is 7.11 Å². The Morgan fingerprint density at radius 2 is 1.70 bits per heavy atom. The molecular formula is C17H34N2O. The van der Waals surface area contributed by atoms with E-state index in [4.69, 9.17) is 10.6 Å². The molecule has 0 radical (unpaired) electrons. The number of methoxy groups -OCH3 is 1. The Kier molecular flexibility index (Phi) is 5.88. The van der Waals surface area contributed by atoms with Crippen LogP contribution >= 0.6 is 0 Å². The van der Waals surface area contributed by atoms with Gasteiger partial charge >= 0.3 is 0 Å². The molecule has 20 heavy (non-hydrogen) atoms. The highest BCUT2D eigenvalue weighted by Crippen LogP contribution is 2.42. The fourth-order valence-electron chi connectivity index (χ4n) is 4.58.